The quantitative estimate of drug-likeness (QED) is 0.760. The Balaban J connectivity index is 1.92. The number of rotatable bonds is 5. The molecule has 6 heteroatoms. The van der Waals surface area contributed by atoms with Gasteiger partial charge in [-0.15, -0.1) is 0 Å². The van der Waals surface area contributed by atoms with Gasteiger partial charge >= 0.3 is 12.0 Å². The van der Waals surface area contributed by atoms with Gasteiger partial charge in [0.15, 0.2) is 0 Å². The predicted molar refractivity (Wildman–Crippen MR) is 103 cm³/mol. The number of urea groups is 1. The summed E-state index contributed by atoms with van der Waals surface area (Å²) in [6, 6.07) is 16.6. The highest BCUT2D eigenvalue weighted by atomic mass is 16.5. The van der Waals surface area contributed by atoms with Crippen LogP contribution in [0.4, 0.5) is 16.2 Å². The number of aryl methyl sites for hydroxylation is 1. The fourth-order valence-corrected chi connectivity index (χ4v) is 3.40. The van der Waals surface area contributed by atoms with E-state index >= 15 is 0 Å². The lowest BCUT2D eigenvalue weighted by Gasteiger charge is -2.23. The van der Waals surface area contributed by atoms with Crippen LogP contribution in [-0.4, -0.2) is 31.7 Å². The number of hydrogen-bond donors (Lipinski definition) is 0. The van der Waals surface area contributed by atoms with Crippen LogP contribution >= 0.6 is 0 Å². The Morgan fingerprint density at radius 3 is 2.63 bits per heavy atom. The summed E-state index contributed by atoms with van der Waals surface area (Å²) in [5.41, 5.74) is 3.00. The number of para-hydroxylation sites is 1. The third-order valence-electron chi connectivity index (χ3n) is 4.76. The molecule has 2 aromatic carbocycles. The average Bonchev–Trinajstić information content (AvgIpc) is 3.02. The molecule has 1 fully saturated rings. The Hall–Kier alpha value is -3.33. The number of methoxy groups -OCH3 is 1. The maximum Gasteiger partial charge on any atom is 0.329 e. The number of anilines is 2. The van der Waals surface area contributed by atoms with E-state index in [0.717, 1.165) is 16.9 Å². The summed E-state index contributed by atoms with van der Waals surface area (Å²) in [7, 11) is 1.36. The summed E-state index contributed by atoms with van der Waals surface area (Å²) in [4.78, 5) is 28.3. The lowest BCUT2D eigenvalue weighted by Crippen LogP contribution is -2.35. The highest BCUT2D eigenvalue weighted by Gasteiger charge is 2.39. The van der Waals surface area contributed by atoms with E-state index in [2.05, 4.69) is 6.07 Å². The van der Waals surface area contributed by atoms with Crippen molar-refractivity contribution in [3.05, 3.63) is 59.7 Å². The van der Waals surface area contributed by atoms with Gasteiger partial charge in [-0.05, 0) is 49.2 Å². The van der Waals surface area contributed by atoms with Crippen molar-refractivity contribution in [1.29, 1.82) is 5.26 Å². The van der Waals surface area contributed by atoms with Gasteiger partial charge in [-0.3, -0.25) is 14.6 Å². The van der Waals surface area contributed by atoms with Gasteiger partial charge in [0.2, 0.25) is 0 Å². The van der Waals surface area contributed by atoms with E-state index in [1.54, 1.807) is 28.0 Å². The molecule has 2 amide bonds. The molecule has 1 atom stereocenters. The average molecular weight is 363 g/mol. The van der Waals surface area contributed by atoms with Crippen molar-refractivity contribution in [3.8, 4) is 6.07 Å². The minimum atomic E-state index is -0.288. The van der Waals surface area contributed by atoms with E-state index in [4.69, 9.17) is 10.00 Å². The van der Waals surface area contributed by atoms with Gasteiger partial charge in [0.05, 0.1) is 24.8 Å². The number of esters is 1. The zero-order valence-electron chi connectivity index (χ0n) is 15.4. The van der Waals surface area contributed by atoms with Crippen molar-refractivity contribution in [2.24, 2.45) is 0 Å². The van der Waals surface area contributed by atoms with Crippen LogP contribution in [0.15, 0.2) is 48.5 Å². The van der Waals surface area contributed by atoms with Crippen molar-refractivity contribution >= 4 is 23.4 Å². The number of carbonyl (C=O) groups excluding carboxylic acids is 2. The Morgan fingerprint density at radius 1 is 1.26 bits per heavy atom. The molecule has 0 N–H and O–H groups in total. The van der Waals surface area contributed by atoms with Crippen molar-refractivity contribution in [1.82, 2.24) is 0 Å². The van der Waals surface area contributed by atoms with Crippen LogP contribution in [-0.2, 0) is 9.53 Å². The summed E-state index contributed by atoms with van der Waals surface area (Å²) >= 11 is 0. The first-order valence-corrected chi connectivity index (χ1v) is 8.78. The second-order valence-electron chi connectivity index (χ2n) is 6.48. The van der Waals surface area contributed by atoms with Gasteiger partial charge in [0, 0.05) is 24.3 Å². The largest absolute Gasteiger partial charge is 0.469 e. The van der Waals surface area contributed by atoms with Crippen molar-refractivity contribution in [2.75, 3.05) is 23.5 Å². The molecule has 3 rings (SSSR count). The molecule has 0 bridgehead atoms. The molecule has 6 nitrogen and oxygen atoms in total. The van der Waals surface area contributed by atoms with Crippen LogP contribution in [0.5, 0.6) is 0 Å². The molecule has 0 aromatic heterocycles. The molecule has 1 saturated heterocycles. The molecular formula is C21H21N3O3. The number of ether oxygens (including phenoxy) is 1. The zero-order valence-corrected chi connectivity index (χ0v) is 15.4. The van der Waals surface area contributed by atoms with Crippen molar-refractivity contribution < 1.29 is 14.3 Å². The molecule has 0 aliphatic carbocycles. The maximum atomic E-state index is 13.2. The van der Waals surface area contributed by atoms with Crippen LogP contribution in [0.2, 0.25) is 0 Å². The van der Waals surface area contributed by atoms with Gasteiger partial charge in [-0.25, -0.2) is 4.79 Å². The molecular weight excluding hydrogens is 342 g/mol. The summed E-state index contributed by atoms with van der Waals surface area (Å²) in [6.45, 7) is 2.36. The first-order chi connectivity index (χ1) is 13.0. The number of carbonyl (C=O) groups is 2. The van der Waals surface area contributed by atoms with Gasteiger partial charge in [0.25, 0.3) is 0 Å². The first kappa shape index (κ1) is 18.5. The fraction of sp³-hybridized carbons (Fsp3) is 0.286. The van der Waals surface area contributed by atoms with Crippen molar-refractivity contribution in [3.63, 3.8) is 0 Å². The van der Waals surface area contributed by atoms with Gasteiger partial charge < -0.3 is 4.74 Å². The number of nitriles is 1. The summed E-state index contributed by atoms with van der Waals surface area (Å²) in [6.07, 6.45) is 0.761. The standard InChI is InChI=1S/C21H21N3O3/c1-15-12-16(13-22)8-10-19(15)23-14-18(9-11-20(25)27-2)24(21(23)26)17-6-4-3-5-7-17/h3-8,10,12,18H,9,11,14H2,1-2H3. The molecule has 27 heavy (non-hydrogen) atoms. The van der Waals surface area contributed by atoms with E-state index in [0.29, 0.717) is 18.5 Å². The second kappa shape index (κ2) is 7.92. The molecule has 1 heterocycles. The van der Waals surface area contributed by atoms with E-state index < -0.39 is 0 Å². The Kier molecular flexibility index (Phi) is 5.41. The van der Waals surface area contributed by atoms with Crippen LogP contribution in [0.1, 0.15) is 24.0 Å². The fourth-order valence-electron chi connectivity index (χ4n) is 3.40. The normalized spacial score (nSPS) is 16.3. The molecule has 0 radical (unpaired) electrons. The van der Waals surface area contributed by atoms with E-state index in [-0.39, 0.29) is 24.5 Å². The molecule has 1 unspecified atom stereocenters. The van der Waals surface area contributed by atoms with Crippen LogP contribution in [0.25, 0.3) is 0 Å². The summed E-state index contributed by atoms with van der Waals surface area (Å²) in [5, 5.41) is 9.07. The van der Waals surface area contributed by atoms with E-state index in [1.807, 2.05) is 37.3 Å². The maximum absolute atomic E-state index is 13.2. The number of nitrogens with zero attached hydrogens (tertiary/aromatic N) is 3. The predicted octanol–water partition coefficient (Wildman–Crippen LogP) is 3.64. The topological polar surface area (TPSA) is 73.6 Å². The molecule has 0 saturated carbocycles. The summed E-state index contributed by atoms with van der Waals surface area (Å²) in [5.74, 6) is -0.288. The number of hydrogen-bond acceptors (Lipinski definition) is 4. The third kappa shape index (κ3) is 3.77. The lowest BCUT2D eigenvalue weighted by atomic mass is 10.1. The molecule has 1 aliphatic rings. The SMILES string of the molecule is COC(=O)CCC1CN(c2ccc(C#N)cc2C)C(=O)N1c1ccccc1. The highest BCUT2D eigenvalue weighted by molar-refractivity contribution is 6.07. The third-order valence-corrected chi connectivity index (χ3v) is 4.76. The molecule has 0 spiro atoms. The molecule has 1 aliphatic heterocycles. The lowest BCUT2D eigenvalue weighted by molar-refractivity contribution is -0.140. The van der Waals surface area contributed by atoms with Crippen molar-refractivity contribution in [2.45, 2.75) is 25.8 Å². The van der Waals surface area contributed by atoms with Gasteiger partial charge in [-0.2, -0.15) is 5.26 Å². The Morgan fingerprint density at radius 2 is 2.00 bits per heavy atom. The molecule has 2 aromatic rings. The Bertz CT molecular complexity index is 889. The minimum absolute atomic E-state index is 0.135. The van der Waals surface area contributed by atoms with Gasteiger partial charge in [-0.1, -0.05) is 18.2 Å². The van der Waals surface area contributed by atoms with Crippen LogP contribution in [0.3, 0.4) is 0 Å². The second-order valence-corrected chi connectivity index (χ2v) is 6.48. The number of amides is 2. The Labute approximate surface area is 158 Å². The summed E-state index contributed by atoms with van der Waals surface area (Å²) < 4.78 is 4.75. The monoisotopic (exact) mass is 363 g/mol. The van der Waals surface area contributed by atoms with Crippen LogP contribution in [0, 0.1) is 18.3 Å². The number of benzene rings is 2. The first-order valence-electron chi connectivity index (χ1n) is 8.78. The minimum Gasteiger partial charge on any atom is -0.469 e. The van der Waals surface area contributed by atoms with Gasteiger partial charge in [0.1, 0.15) is 0 Å². The van der Waals surface area contributed by atoms with E-state index in [9.17, 15) is 9.59 Å². The molecule has 138 valence electrons. The van der Waals surface area contributed by atoms with Crippen LogP contribution < -0.4 is 9.80 Å². The smallest absolute Gasteiger partial charge is 0.329 e. The van der Waals surface area contributed by atoms with E-state index in [1.165, 1.54) is 7.11 Å². The zero-order chi connectivity index (χ0) is 19.4. The highest BCUT2D eigenvalue weighted by Crippen LogP contribution is 2.32.